The summed E-state index contributed by atoms with van der Waals surface area (Å²) < 4.78 is 0. The second-order valence-electron chi connectivity index (χ2n) is 6.11. The Morgan fingerprint density at radius 1 is 0.913 bits per heavy atom. The van der Waals surface area contributed by atoms with Crippen molar-refractivity contribution in [2.24, 2.45) is 0 Å². The second-order valence-corrected chi connectivity index (χ2v) is 6.11. The molecule has 23 heavy (non-hydrogen) atoms. The Balaban J connectivity index is 2.60. The van der Waals surface area contributed by atoms with E-state index in [0.29, 0.717) is 5.56 Å². The molecule has 0 spiro atoms. The van der Waals surface area contributed by atoms with Crippen LogP contribution in [-0.4, -0.2) is 10.2 Å². The van der Waals surface area contributed by atoms with Crippen molar-refractivity contribution in [1.82, 2.24) is 0 Å². The molecule has 0 amide bonds. The summed E-state index contributed by atoms with van der Waals surface area (Å²) in [6.45, 7) is 4.37. The molecule has 1 rings (SSSR count). The molecule has 0 fully saturated rings. The molecule has 1 aromatic rings. The fourth-order valence-electron chi connectivity index (χ4n) is 2.76. The van der Waals surface area contributed by atoms with Crippen LogP contribution in [0.25, 0.3) is 0 Å². The minimum absolute atomic E-state index is 0.177. The molecule has 2 nitrogen and oxygen atoms in total. The summed E-state index contributed by atoms with van der Waals surface area (Å²) in [7, 11) is 0. The first-order valence-corrected chi connectivity index (χ1v) is 9.01. The molecule has 1 unspecified atom stereocenters. The molecule has 1 atom stereocenters. The number of benzene rings is 1. The van der Waals surface area contributed by atoms with Crippen molar-refractivity contribution in [3.63, 3.8) is 0 Å². The molecule has 0 saturated heterocycles. The van der Waals surface area contributed by atoms with E-state index in [1.165, 1.54) is 12.8 Å². The van der Waals surface area contributed by atoms with Crippen LogP contribution in [0.1, 0.15) is 76.7 Å². The maximum absolute atomic E-state index is 10.1. The van der Waals surface area contributed by atoms with Gasteiger partial charge in [0.1, 0.15) is 11.5 Å². The Hall–Kier alpha value is -1.70. The van der Waals surface area contributed by atoms with E-state index in [1.54, 1.807) is 18.2 Å². The predicted molar refractivity (Wildman–Crippen MR) is 99.1 cm³/mol. The van der Waals surface area contributed by atoms with Gasteiger partial charge in [-0.25, -0.2) is 0 Å². The van der Waals surface area contributed by atoms with Crippen LogP contribution in [0, 0.1) is 0 Å². The molecule has 2 heteroatoms. The molecule has 0 heterocycles. The quantitative estimate of drug-likeness (QED) is 0.363. The highest BCUT2D eigenvalue weighted by Crippen LogP contribution is 2.38. The van der Waals surface area contributed by atoms with Crippen molar-refractivity contribution in [3.8, 4) is 11.5 Å². The van der Waals surface area contributed by atoms with Gasteiger partial charge in [0.05, 0.1) is 0 Å². The van der Waals surface area contributed by atoms with Crippen molar-refractivity contribution >= 4 is 0 Å². The van der Waals surface area contributed by atoms with Crippen LogP contribution in [0.2, 0.25) is 0 Å². The van der Waals surface area contributed by atoms with Gasteiger partial charge in [-0.05, 0) is 43.7 Å². The molecule has 0 bridgehead atoms. The average molecular weight is 316 g/mol. The van der Waals surface area contributed by atoms with Gasteiger partial charge in [-0.1, -0.05) is 69.9 Å². The molecule has 128 valence electrons. The topological polar surface area (TPSA) is 40.5 Å². The van der Waals surface area contributed by atoms with Crippen molar-refractivity contribution < 1.29 is 10.2 Å². The number of aromatic hydroxyl groups is 2. The molecule has 0 saturated carbocycles. The highest BCUT2D eigenvalue weighted by atomic mass is 16.3. The van der Waals surface area contributed by atoms with Crippen LogP contribution in [-0.2, 0) is 0 Å². The first-order valence-electron chi connectivity index (χ1n) is 9.01. The standard InChI is InChI=1S/C21H32O2/c1-3-5-7-8-9-10-11-12-15-18(14-6-4-2)21-19(22)16-13-17-20(21)23/h8-9,11-13,16-18,22-23H,3-7,10,14-15H2,1-2H3/b9-8+,12-11+. The monoisotopic (exact) mass is 316 g/mol. The van der Waals surface area contributed by atoms with E-state index in [2.05, 4.69) is 38.2 Å². The normalized spacial score (nSPS) is 13.1. The highest BCUT2D eigenvalue weighted by Gasteiger charge is 2.17. The van der Waals surface area contributed by atoms with Gasteiger partial charge in [-0.3, -0.25) is 0 Å². The smallest absolute Gasteiger partial charge is 0.122 e. The van der Waals surface area contributed by atoms with Crippen molar-refractivity contribution in [2.45, 2.75) is 71.1 Å². The number of hydrogen-bond donors (Lipinski definition) is 2. The zero-order valence-electron chi connectivity index (χ0n) is 14.7. The largest absolute Gasteiger partial charge is 0.508 e. The van der Waals surface area contributed by atoms with E-state index in [9.17, 15) is 10.2 Å². The Morgan fingerprint density at radius 3 is 2.22 bits per heavy atom. The molecule has 2 N–H and O–H groups in total. The van der Waals surface area contributed by atoms with Crippen LogP contribution in [0.4, 0.5) is 0 Å². The van der Waals surface area contributed by atoms with E-state index >= 15 is 0 Å². The first-order chi connectivity index (χ1) is 11.2. The van der Waals surface area contributed by atoms with Crippen LogP contribution in [0.5, 0.6) is 11.5 Å². The zero-order valence-corrected chi connectivity index (χ0v) is 14.7. The van der Waals surface area contributed by atoms with Crippen LogP contribution >= 0.6 is 0 Å². The second kappa shape index (κ2) is 11.8. The maximum atomic E-state index is 10.1. The van der Waals surface area contributed by atoms with E-state index in [-0.39, 0.29) is 17.4 Å². The van der Waals surface area contributed by atoms with Crippen LogP contribution in [0.3, 0.4) is 0 Å². The number of phenolic OH excluding ortho intramolecular Hbond substituents is 2. The third-order valence-electron chi connectivity index (χ3n) is 4.12. The Labute approximate surface area is 141 Å². The SMILES string of the molecule is CCCC/C=C/C/C=C/CC(CCCC)c1c(O)cccc1O. The van der Waals surface area contributed by atoms with Gasteiger partial charge < -0.3 is 10.2 Å². The van der Waals surface area contributed by atoms with Gasteiger partial charge in [0.2, 0.25) is 0 Å². The molecule has 0 aliphatic carbocycles. The van der Waals surface area contributed by atoms with Crippen LogP contribution < -0.4 is 0 Å². The third-order valence-corrected chi connectivity index (χ3v) is 4.12. The summed E-state index contributed by atoms with van der Waals surface area (Å²) in [5.74, 6) is 0.592. The van der Waals surface area contributed by atoms with Gasteiger partial charge in [-0.2, -0.15) is 0 Å². The van der Waals surface area contributed by atoms with Gasteiger partial charge in [-0.15, -0.1) is 0 Å². The van der Waals surface area contributed by atoms with Gasteiger partial charge in [0, 0.05) is 5.56 Å². The summed E-state index contributed by atoms with van der Waals surface area (Å²) >= 11 is 0. The number of allylic oxidation sites excluding steroid dienone is 4. The lowest BCUT2D eigenvalue weighted by Crippen LogP contribution is -1.99. The van der Waals surface area contributed by atoms with Crippen molar-refractivity contribution in [1.29, 1.82) is 0 Å². The van der Waals surface area contributed by atoms with Crippen molar-refractivity contribution in [2.75, 3.05) is 0 Å². The molecule has 0 aromatic heterocycles. The molecule has 0 aliphatic heterocycles. The zero-order chi connectivity index (χ0) is 16.9. The molecule has 0 radical (unpaired) electrons. The number of unbranched alkanes of at least 4 members (excludes halogenated alkanes) is 3. The van der Waals surface area contributed by atoms with E-state index < -0.39 is 0 Å². The Kier molecular flexibility index (Phi) is 9.94. The van der Waals surface area contributed by atoms with E-state index in [4.69, 9.17) is 0 Å². The lowest BCUT2D eigenvalue weighted by Gasteiger charge is -2.18. The minimum atomic E-state index is 0.177. The summed E-state index contributed by atoms with van der Waals surface area (Å²) in [5, 5.41) is 20.2. The molecular weight excluding hydrogens is 284 g/mol. The summed E-state index contributed by atoms with van der Waals surface area (Å²) in [6, 6.07) is 5.00. The third kappa shape index (κ3) is 7.40. The summed E-state index contributed by atoms with van der Waals surface area (Å²) in [5.41, 5.74) is 0.698. The highest BCUT2D eigenvalue weighted by molar-refractivity contribution is 5.45. The molecule has 0 aliphatic rings. The van der Waals surface area contributed by atoms with Gasteiger partial charge in [0.15, 0.2) is 0 Å². The number of phenols is 2. The number of hydrogen-bond acceptors (Lipinski definition) is 2. The van der Waals surface area contributed by atoms with E-state index in [0.717, 1.165) is 38.5 Å². The summed E-state index contributed by atoms with van der Waals surface area (Å²) in [6.07, 6.45) is 17.5. The van der Waals surface area contributed by atoms with Gasteiger partial charge >= 0.3 is 0 Å². The Bertz CT molecular complexity index is 468. The maximum Gasteiger partial charge on any atom is 0.122 e. The average Bonchev–Trinajstić information content (AvgIpc) is 2.54. The fourth-order valence-corrected chi connectivity index (χ4v) is 2.76. The van der Waals surface area contributed by atoms with E-state index in [1.807, 2.05) is 0 Å². The molecule has 1 aromatic carbocycles. The van der Waals surface area contributed by atoms with Gasteiger partial charge in [0.25, 0.3) is 0 Å². The van der Waals surface area contributed by atoms with Crippen LogP contribution in [0.15, 0.2) is 42.5 Å². The predicted octanol–water partition coefficient (Wildman–Crippen LogP) is 6.45. The summed E-state index contributed by atoms with van der Waals surface area (Å²) in [4.78, 5) is 0. The number of rotatable bonds is 11. The first kappa shape index (κ1) is 19.3. The molecular formula is C21H32O2. The fraction of sp³-hybridized carbons (Fsp3) is 0.524. The lowest BCUT2D eigenvalue weighted by atomic mass is 9.89. The lowest BCUT2D eigenvalue weighted by molar-refractivity contribution is 0.421. The minimum Gasteiger partial charge on any atom is -0.508 e. The van der Waals surface area contributed by atoms with Crippen molar-refractivity contribution in [3.05, 3.63) is 48.1 Å². The Morgan fingerprint density at radius 2 is 1.57 bits per heavy atom.